The van der Waals surface area contributed by atoms with E-state index in [0.29, 0.717) is 23.6 Å². The molecule has 0 aliphatic heterocycles. The van der Waals surface area contributed by atoms with Gasteiger partial charge in [-0.25, -0.2) is 4.98 Å². The highest BCUT2D eigenvalue weighted by Gasteiger charge is 2.10. The Morgan fingerprint density at radius 3 is 2.86 bits per heavy atom. The van der Waals surface area contributed by atoms with E-state index in [9.17, 15) is 4.79 Å². The molecule has 1 heterocycles. The van der Waals surface area contributed by atoms with Crippen molar-refractivity contribution in [3.05, 3.63) is 64.9 Å². The number of pyridine rings is 1. The lowest BCUT2D eigenvalue weighted by Crippen LogP contribution is -2.27. The Labute approximate surface area is 129 Å². The number of halogens is 1. The van der Waals surface area contributed by atoms with Gasteiger partial charge in [-0.3, -0.25) is 4.79 Å². The lowest BCUT2D eigenvalue weighted by atomic mass is 10.2. The normalized spacial score (nSPS) is 9.62. The van der Waals surface area contributed by atoms with Crippen LogP contribution in [0, 0.1) is 11.8 Å². The van der Waals surface area contributed by atoms with Crippen LogP contribution in [-0.2, 0) is 0 Å². The third-order valence-corrected chi connectivity index (χ3v) is 3.11. The van der Waals surface area contributed by atoms with Gasteiger partial charge >= 0.3 is 0 Å². The maximum Gasteiger partial charge on any atom is 0.253 e. The Morgan fingerprint density at radius 2 is 2.14 bits per heavy atom. The van der Waals surface area contributed by atoms with Gasteiger partial charge < -0.3 is 4.90 Å². The lowest BCUT2D eigenvalue weighted by molar-refractivity contribution is 0.0798. The van der Waals surface area contributed by atoms with Gasteiger partial charge in [0.1, 0.15) is 5.69 Å². The van der Waals surface area contributed by atoms with Crippen molar-refractivity contribution in [2.45, 2.75) is 6.42 Å². The predicted octanol–water partition coefficient (Wildman–Crippen LogP) is 3.25. The number of carbonyl (C=O) groups excluding carboxylic acids is 1. The summed E-state index contributed by atoms with van der Waals surface area (Å²) in [5.74, 6) is 5.93. The van der Waals surface area contributed by atoms with Crippen LogP contribution in [0.3, 0.4) is 0 Å². The lowest BCUT2D eigenvalue weighted by Gasteiger charge is -2.15. The molecule has 1 aromatic carbocycles. The molecule has 21 heavy (non-hydrogen) atoms. The van der Waals surface area contributed by atoms with Gasteiger partial charge in [-0.05, 0) is 36.3 Å². The number of carbonyl (C=O) groups is 1. The maximum absolute atomic E-state index is 12.2. The van der Waals surface area contributed by atoms with Crippen molar-refractivity contribution in [2.24, 2.45) is 0 Å². The van der Waals surface area contributed by atoms with E-state index in [1.54, 1.807) is 42.4 Å². The molecule has 0 radical (unpaired) electrons. The molecule has 0 bridgehead atoms. The second kappa shape index (κ2) is 7.47. The van der Waals surface area contributed by atoms with Crippen LogP contribution in [0.2, 0.25) is 5.02 Å². The summed E-state index contributed by atoms with van der Waals surface area (Å²) in [4.78, 5) is 17.9. The van der Waals surface area contributed by atoms with Gasteiger partial charge in [-0.2, -0.15) is 0 Å². The number of rotatable bonds is 3. The molecule has 0 spiro atoms. The Morgan fingerprint density at radius 1 is 1.29 bits per heavy atom. The zero-order valence-corrected chi connectivity index (χ0v) is 12.5. The minimum atomic E-state index is -0.0582. The van der Waals surface area contributed by atoms with Crippen LogP contribution in [0.25, 0.3) is 0 Å². The SMILES string of the molecule is CN(CCC#Cc1ccccn1)C(=O)c1cccc(Cl)c1. The van der Waals surface area contributed by atoms with Gasteiger partial charge in [-0.15, -0.1) is 0 Å². The largest absolute Gasteiger partial charge is 0.341 e. The average Bonchev–Trinajstić information content (AvgIpc) is 2.51. The second-order valence-electron chi connectivity index (χ2n) is 4.50. The van der Waals surface area contributed by atoms with E-state index < -0.39 is 0 Å². The average molecular weight is 299 g/mol. The fourth-order valence-corrected chi connectivity index (χ4v) is 1.95. The van der Waals surface area contributed by atoms with Gasteiger partial charge in [0.2, 0.25) is 0 Å². The number of benzene rings is 1. The topological polar surface area (TPSA) is 33.2 Å². The fraction of sp³-hybridized carbons (Fsp3) is 0.176. The van der Waals surface area contributed by atoms with Crippen LogP contribution >= 0.6 is 11.6 Å². The van der Waals surface area contributed by atoms with Gasteiger partial charge in [-0.1, -0.05) is 29.7 Å². The third-order valence-electron chi connectivity index (χ3n) is 2.87. The zero-order valence-electron chi connectivity index (χ0n) is 11.7. The molecule has 2 rings (SSSR count). The second-order valence-corrected chi connectivity index (χ2v) is 4.94. The highest BCUT2D eigenvalue weighted by atomic mass is 35.5. The molecule has 1 aromatic heterocycles. The van der Waals surface area contributed by atoms with E-state index in [2.05, 4.69) is 16.8 Å². The first-order valence-electron chi connectivity index (χ1n) is 6.58. The van der Waals surface area contributed by atoms with Gasteiger partial charge in [0.15, 0.2) is 0 Å². The first kappa shape index (κ1) is 15.1. The molecule has 0 unspecified atom stereocenters. The van der Waals surface area contributed by atoms with Crippen molar-refractivity contribution in [3.8, 4) is 11.8 Å². The predicted molar refractivity (Wildman–Crippen MR) is 84.1 cm³/mol. The monoisotopic (exact) mass is 298 g/mol. The summed E-state index contributed by atoms with van der Waals surface area (Å²) in [7, 11) is 1.76. The van der Waals surface area contributed by atoms with E-state index in [4.69, 9.17) is 11.6 Å². The van der Waals surface area contributed by atoms with Crippen molar-refractivity contribution in [1.29, 1.82) is 0 Å². The molecule has 1 amide bonds. The van der Waals surface area contributed by atoms with Crippen molar-refractivity contribution in [3.63, 3.8) is 0 Å². The maximum atomic E-state index is 12.2. The molecule has 2 aromatic rings. The van der Waals surface area contributed by atoms with Crippen molar-refractivity contribution >= 4 is 17.5 Å². The zero-order chi connectivity index (χ0) is 15.1. The number of aromatic nitrogens is 1. The molecular formula is C17H15ClN2O. The molecule has 0 aliphatic rings. The third kappa shape index (κ3) is 4.62. The van der Waals surface area contributed by atoms with Gasteiger partial charge in [0, 0.05) is 36.8 Å². The summed E-state index contributed by atoms with van der Waals surface area (Å²) in [5.41, 5.74) is 1.32. The minimum absolute atomic E-state index is 0.0582. The standard InChI is InChI=1S/C17H15ClN2O/c1-20(17(21)14-7-6-8-15(18)13-14)12-5-3-10-16-9-2-4-11-19-16/h2,4,6-9,11,13H,5,12H2,1H3. The van der Waals surface area contributed by atoms with E-state index in [-0.39, 0.29) is 5.91 Å². The van der Waals surface area contributed by atoms with E-state index in [1.807, 2.05) is 18.2 Å². The van der Waals surface area contributed by atoms with Gasteiger partial charge in [0.05, 0.1) is 0 Å². The molecule has 0 saturated carbocycles. The fourth-order valence-electron chi connectivity index (χ4n) is 1.76. The molecule has 106 valence electrons. The molecule has 0 atom stereocenters. The van der Waals surface area contributed by atoms with Crippen LogP contribution in [-0.4, -0.2) is 29.4 Å². The Bertz CT molecular complexity index is 674. The Kier molecular flexibility index (Phi) is 5.36. The van der Waals surface area contributed by atoms with E-state index in [0.717, 1.165) is 5.69 Å². The molecule has 0 aliphatic carbocycles. The number of hydrogen-bond acceptors (Lipinski definition) is 2. The molecular weight excluding hydrogens is 284 g/mol. The highest BCUT2D eigenvalue weighted by Crippen LogP contribution is 2.12. The number of amides is 1. The molecule has 0 N–H and O–H groups in total. The quantitative estimate of drug-likeness (QED) is 0.815. The number of hydrogen-bond donors (Lipinski definition) is 0. The van der Waals surface area contributed by atoms with Crippen LogP contribution in [0.5, 0.6) is 0 Å². The van der Waals surface area contributed by atoms with Gasteiger partial charge in [0.25, 0.3) is 5.91 Å². The first-order valence-corrected chi connectivity index (χ1v) is 6.95. The molecule has 0 saturated heterocycles. The van der Waals surface area contributed by atoms with Crippen LogP contribution in [0.4, 0.5) is 0 Å². The summed E-state index contributed by atoms with van der Waals surface area (Å²) in [6, 6.07) is 12.5. The minimum Gasteiger partial charge on any atom is -0.341 e. The molecule has 0 fully saturated rings. The van der Waals surface area contributed by atoms with Crippen LogP contribution in [0.1, 0.15) is 22.5 Å². The first-order chi connectivity index (χ1) is 10.2. The summed E-state index contributed by atoms with van der Waals surface area (Å²) < 4.78 is 0. The Hall–Kier alpha value is -2.31. The molecule has 4 heteroatoms. The molecule has 3 nitrogen and oxygen atoms in total. The van der Waals surface area contributed by atoms with Crippen molar-refractivity contribution < 1.29 is 4.79 Å². The summed E-state index contributed by atoms with van der Waals surface area (Å²) >= 11 is 5.89. The Balaban J connectivity index is 1.89. The summed E-state index contributed by atoms with van der Waals surface area (Å²) in [6.07, 6.45) is 2.30. The van der Waals surface area contributed by atoms with Crippen LogP contribution < -0.4 is 0 Å². The van der Waals surface area contributed by atoms with Crippen molar-refractivity contribution in [2.75, 3.05) is 13.6 Å². The highest BCUT2D eigenvalue weighted by molar-refractivity contribution is 6.30. The summed E-state index contributed by atoms with van der Waals surface area (Å²) in [5, 5.41) is 0.559. The van der Waals surface area contributed by atoms with E-state index in [1.165, 1.54) is 0 Å². The van der Waals surface area contributed by atoms with Crippen LogP contribution in [0.15, 0.2) is 48.7 Å². The smallest absolute Gasteiger partial charge is 0.253 e. The van der Waals surface area contributed by atoms with E-state index >= 15 is 0 Å². The number of nitrogens with zero attached hydrogens (tertiary/aromatic N) is 2. The van der Waals surface area contributed by atoms with Crippen molar-refractivity contribution in [1.82, 2.24) is 9.88 Å². The summed E-state index contributed by atoms with van der Waals surface area (Å²) in [6.45, 7) is 0.561.